The molecule has 1 amide bonds. The molecule has 208 valence electrons. The summed E-state index contributed by atoms with van der Waals surface area (Å²) in [5, 5.41) is 4.40. The molecule has 0 unspecified atom stereocenters. The molecule has 0 N–H and O–H groups in total. The summed E-state index contributed by atoms with van der Waals surface area (Å²) >= 11 is 0. The van der Waals surface area contributed by atoms with Gasteiger partial charge in [-0.25, -0.2) is 0 Å². The molecule has 0 bridgehead atoms. The first-order chi connectivity index (χ1) is 18.2. The van der Waals surface area contributed by atoms with Gasteiger partial charge in [-0.15, -0.1) is 0 Å². The third kappa shape index (κ3) is 4.70. The van der Waals surface area contributed by atoms with Crippen LogP contribution in [-0.2, 0) is 28.7 Å². The minimum absolute atomic E-state index is 0.0451. The summed E-state index contributed by atoms with van der Waals surface area (Å²) in [5.41, 5.74) is 1.89. The van der Waals surface area contributed by atoms with E-state index in [0.29, 0.717) is 31.9 Å². The second kappa shape index (κ2) is 10.5. The summed E-state index contributed by atoms with van der Waals surface area (Å²) in [6, 6.07) is 5.54. The lowest BCUT2D eigenvalue weighted by Gasteiger charge is -2.38. The van der Waals surface area contributed by atoms with Crippen LogP contribution in [0.5, 0.6) is 5.75 Å². The molecule has 7 nitrogen and oxygen atoms in total. The van der Waals surface area contributed by atoms with Gasteiger partial charge in [-0.2, -0.15) is 18.3 Å². The van der Waals surface area contributed by atoms with Crippen molar-refractivity contribution < 1.29 is 27.4 Å². The fourth-order valence-electron chi connectivity index (χ4n) is 6.79. The molecule has 2 aromatic rings. The Bertz CT molecular complexity index is 1170. The summed E-state index contributed by atoms with van der Waals surface area (Å²) in [4.78, 5) is 17.9. The van der Waals surface area contributed by atoms with Crippen LogP contribution in [-0.4, -0.2) is 71.5 Å². The number of aromatic nitrogens is 2. The van der Waals surface area contributed by atoms with Crippen molar-refractivity contribution >= 4 is 5.91 Å². The molecule has 0 saturated carbocycles. The number of nitrogens with zero attached hydrogens (tertiary/aromatic N) is 4. The number of morpholine rings is 1. The Morgan fingerprint density at radius 2 is 1.95 bits per heavy atom. The Morgan fingerprint density at radius 1 is 1.21 bits per heavy atom. The van der Waals surface area contributed by atoms with Gasteiger partial charge in [0.25, 0.3) is 0 Å². The number of halogens is 3. The van der Waals surface area contributed by atoms with Gasteiger partial charge in [0.05, 0.1) is 32.1 Å². The van der Waals surface area contributed by atoms with Gasteiger partial charge in [0, 0.05) is 37.2 Å². The van der Waals surface area contributed by atoms with Crippen LogP contribution in [0.1, 0.15) is 66.7 Å². The largest absolute Gasteiger partial charge is 0.496 e. The molecule has 10 heteroatoms. The van der Waals surface area contributed by atoms with Crippen LogP contribution in [0, 0.1) is 12.8 Å². The zero-order valence-electron chi connectivity index (χ0n) is 22.6. The molecule has 0 radical (unpaired) electrons. The van der Waals surface area contributed by atoms with Gasteiger partial charge < -0.3 is 14.4 Å². The molecule has 4 atom stereocenters. The Morgan fingerprint density at radius 3 is 2.61 bits per heavy atom. The van der Waals surface area contributed by atoms with Gasteiger partial charge in [-0.05, 0) is 42.9 Å². The van der Waals surface area contributed by atoms with Crippen molar-refractivity contribution in [2.24, 2.45) is 5.92 Å². The number of rotatable bonds is 6. The van der Waals surface area contributed by atoms with E-state index < -0.39 is 18.4 Å². The molecule has 2 fully saturated rings. The molecule has 38 heavy (non-hydrogen) atoms. The average Bonchev–Trinajstić information content (AvgIpc) is 3.57. The fraction of sp³-hybridized carbons (Fsp3) is 0.643. The summed E-state index contributed by atoms with van der Waals surface area (Å²) in [5.74, 6) is 0.466. The minimum Gasteiger partial charge on any atom is -0.496 e. The van der Waals surface area contributed by atoms with E-state index in [0.717, 1.165) is 47.5 Å². The highest BCUT2D eigenvalue weighted by Crippen LogP contribution is 2.45. The average molecular weight is 535 g/mol. The van der Waals surface area contributed by atoms with Crippen molar-refractivity contribution in [1.29, 1.82) is 0 Å². The maximum Gasteiger partial charge on any atom is 0.433 e. The fourth-order valence-corrected chi connectivity index (χ4v) is 6.79. The van der Waals surface area contributed by atoms with Crippen molar-refractivity contribution in [1.82, 2.24) is 19.6 Å². The lowest BCUT2D eigenvalue weighted by Crippen LogP contribution is -2.47. The second-order valence-electron chi connectivity index (χ2n) is 10.7. The van der Waals surface area contributed by atoms with Crippen molar-refractivity contribution in [3.63, 3.8) is 0 Å². The van der Waals surface area contributed by atoms with Gasteiger partial charge in [-0.3, -0.25) is 14.4 Å². The second-order valence-corrected chi connectivity index (χ2v) is 10.7. The predicted octanol–water partition coefficient (Wildman–Crippen LogP) is 4.58. The number of methoxy groups -OCH3 is 1. The minimum atomic E-state index is -4.58. The van der Waals surface area contributed by atoms with Crippen LogP contribution in [0.2, 0.25) is 0 Å². The predicted molar refractivity (Wildman–Crippen MR) is 136 cm³/mol. The third-order valence-electron chi connectivity index (χ3n) is 8.83. The van der Waals surface area contributed by atoms with Crippen LogP contribution >= 0.6 is 0 Å². The zero-order valence-corrected chi connectivity index (χ0v) is 22.6. The van der Waals surface area contributed by atoms with Crippen LogP contribution in [0.25, 0.3) is 0 Å². The highest BCUT2D eigenvalue weighted by Gasteiger charge is 2.46. The SMILES string of the molecule is CC[C@@H]1Cc2c(nn(CC(=O)N3CC[C@H](N4CCOCC4)[C@@H]3c3cccc(OC)c3C)c2C(F)(F)F)[C@H]1C. The van der Waals surface area contributed by atoms with Crippen LogP contribution in [0.15, 0.2) is 18.2 Å². The maximum absolute atomic E-state index is 14.3. The topological polar surface area (TPSA) is 59.8 Å². The van der Waals surface area contributed by atoms with E-state index in [1.165, 1.54) is 0 Å². The number of benzene rings is 1. The smallest absolute Gasteiger partial charge is 0.433 e. The van der Waals surface area contributed by atoms with Crippen LogP contribution in [0.4, 0.5) is 13.2 Å². The highest BCUT2D eigenvalue weighted by atomic mass is 19.4. The van der Waals surface area contributed by atoms with Gasteiger partial charge in [0.2, 0.25) is 5.91 Å². The zero-order chi connectivity index (χ0) is 27.2. The monoisotopic (exact) mass is 534 g/mol. The van der Waals surface area contributed by atoms with Gasteiger partial charge >= 0.3 is 6.18 Å². The van der Waals surface area contributed by atoms with E-state index in [4.69, 9.17) is 9.47 Å². The standard InChI is InChI=1S/C28H37F3N4O3/c1-5-19-15-21-25(17(19)2)32-35(27(21)28(29,30)31)16-24(36)34-10-9-22(33-11-13-38-14-12-33)26(34)20-7-6-8-23(37-4)18(20)3/h6-8,17,19,22,26H,5,9-16H2,1-4H3/t17-,19+,22-,26-/m0/s1. The molecular weight excluding hydrogens is 497 g/mol. The highest BCUT2D eigenvalue weighted by molar-refractivity contribution is 5.77. The van der Waals surface area contributed by atoms with Crippen molar-refractivity contribution in [3.05, 3.63) is 46.3 Å². The van der Waals surface area contributed by atoms with Gasteiger partial charge in [0.1, 0.15) is 18.0 Å². The van der Waals surface area contributed by atoms with E-state index in [1.807, 2.05) is 39.0 Å². The number of carbonyl (C=O) groups is 1. The summed E-state index contributed by atoms with van der Waals surface area (Å²) < 4.78 is 54.9. The van der Waals surface area contributed by atoms with E-state index in [9.17, 15) is 18.0 Å². The third-order valence-corrected chi connectivity index (χ3v) is 8.83. The first-order valence-corrected chi connectivity index (χ1v) is 13.6. The van der Waals surface area contributed by atoms with E-state index in [1.54, 1.807) is 12.0 Å². The number of carbonyl (C=O) groups excluding carboxylic acids is 1. The summed E-state index contributed by atoms with van der Waals surface area (Å²) in [6.07, 6.45) is -2.69. The van der Waals surface area contributed by atoms with Crippen molar-refractivity contribution in [2.75, 3.05) is 40.0 Å². The van der Waals surface area contributed by atoms with Crippen LogP contribution in [0.3, 0.4) is 0 Å². The van der Waals surface area contributed by atoms with Gasteiger partial charge in [0.15, 0.2) is 0 Å². The number of amides is 1. The van der Waals surface area contributed by atoms with E-state index >= 15 is 0 Å². The molecule has 2 saturated heterocycles. The summed E-state index contributed by atoms with van der Waals surface area (Å²) in [7, 11) is 1.61. The Labute approximate surface area is 221 Å². The van der Waals surface area contributed by atoms with Crippen LogP contribution < -0.4 is 4.74 Å². The molecule has 3 aliphatic rings. The Hall–Kier alpha value is -2.59. The number of alkyl halides is 3. The van der Waals surface area contributed by atoms with Crippen molar-refractivity contribution in [2.45, 2.75) is 70.8 Å². The first kappa shape index (κ1) is 27.0. The maximum atomic E-state index is 14.3. The molecule has 1 aliphatic carbocycles. The quantitative estimate of drug-likeness (QED) is 0.543. The molecular formula is C28H37F3N4O3. The number of hydrogen-bond donors (Lipinski definition) is 0. The number of likely N-dealkylation sites (tertiary alicyclic amines) is 1. The van der Waals surface area contributed by atoms with E-state index in [2.05, 4.69) is 10.00 Å². The molecule has 3 heterocycles. The van der Waals surface area contributed by atoms with Crippen molar-refractivity contribution in [3.8, 4) is 5.75 Å². The molecule has 0 spiro atoms. The lowest BCUT2D eigenvalue weighted by molar-refractivity contribution is -0.146. The molecule has 1 aromatic heterocycles. The van der Waals surface area contributed by atoms with Gasteiger partial charge in [-0.1, -0.05) is 32.4 Å². The normalized spacial score (nSPS) is 26.1. The molecule has 5 rings (SSSR count). The number of hydrogen-bond acceptors (Lipinski definition) is 5. The first-order valence-electron chi connectivity index (χ1n) is 13.6. The van der Waals surface area contributed by atoms with E-state index in [-0.39, 0.29) is 35.4 Å². The molecule has 2 aliphatic heterocycles. The summed E-state index contributed by atoms with van der Waals surface area (Å²) in [6.45, 7) is 8.71. The number of fused-ring (bicyclic) bond motifs is 1. The Kier molecular flexibility index (Phi) is 7.48. The molecule has 1 aromatic carbocycles. The number of ether oxygens (including phenoxy) is 2. The lowest BCUT2D eigenvalue weighted by atomic mass is 9.94. The Balaban J connectivity index is 1.49.